The molecule has 0 nitrogen and oxygen atoms in total. The van der Waals surface area contributed by atoms with E-state index in [1.807, 2.05) is 0 Å². The number of hydrogen-bond donors (Lipinski definition) is 0. The Labute approximate surface area is 146 Å². The van der Waals surface area contributed by atoms with E-state index in [4.69, 9.17) is 0 Å². The third-order valence-electron chi connectivity index (χ3n) is 3.32. The molecule has 0 saturated carbocycles. The van der Waals surface area contributed by atoms with E-state index in [2.05, 4.69) is 24.3 Å². The average Bonchev–Trinajstić information content (AvgIpc) is 2.24. The largest absolute Gasteiger partial charge is 1.00 e. The third-order valence-corrected chi connectivity index (χ3v) is 3.32. The van der Waals surface area contributed by atoms with E-state index in [1.54, 1.807) is 0 Å². The van der Waals surface area contributed by atoms with Crippen molar-refractivity contribution in [2.24, 2.45) is 0 Å². The Bertz CT molecular complexity index is 230. The van der Waals surface area contributed by atoms with Crippen LogP contribution in [0.25, 0.3) is 0 Å². The monoisotopic (exact) mass is 500 g/mol. The standard InChI is InChI=1S/2C8H14.BF4.Ir/c2*1-2-4-6-8-7-5-3-1;2-1(3,4)5;/h2*1-2H,3-8H2;;/q;;-1;+1/b2*2-1-;;. The Balaban J connectivity index is 0. The van der Waals surface area contributed by atoms with Gasteiger partial charge >= 0.3 is 27.4 Å². The zero-order valence-corrected chi connectivity index (χ0v) is 15.6. The van der Waals surface area contributed by atoms with E-state index in [0.29, 0.717) is 0 Å². The molecule has 0 atom stereocenters. The van der Waals surface area contributed by atoms with Gasteiger partial charge in [0, 0.05) is 0 Å². The first-order valence-electron chi connectivity index (χ1n) is 8.17. The molecular formula is C16H28BF4Ir. The maximum Gasteiger partial charge on any atom is 1.00 e. The molecule has 0 bridgehead atoms. The van der Waals surface area contributed by atoms with Crippen molar-refractivity contribution in [2.75, 3.05) is 0 Å². The van der Waals surface area contributed by atoms with Crippen molar-refractivity contribution in [3.63, 3.8) is 0 Å². The third kappa shape index (κ3) is 28.1. The summed E-state index contributed by atoms with van der Waals surface area (Å²) in [5.41, 5.74) is 0. The van der Waals surface area contributed by atoms with Crippen molar-refractivity contribution in [3.05, 3.63) is 24.3 Å². The van der Waals surface area contributed by atoms with Gasteiger partial charge in [0.1, 0.15) is 0 Å². The molecule has 0 saturated heterocycles. The van der Waals surface area contributed by atoms with Crippen LogP contribution in [0.4, 0.5) is 17.3 Å². The Hall–Kier alpha value is -0.0857. The van der Waals surface area contributed by atoms with Crippen molar-refractivity contribution in [3.8, 4) is 0 Å². The van der Waals surface area contributed by atoms with Crippen LogP contribution in [0.3, 0.4) is 0 Å². The maximum absolute atomic E-state index is 9.75. The Kier molecular flexibility index (Phi) is 19.0. The van der Waals surface area contributed by atoms with Gasteiger partial charge in [0.2, 0.25) is 0 Å². The van der Waals surface area contributed by atoms with Crippen LogP contribution < -0.4 is 0 Å². The molecule has 2 aliphatic rings. The van der Waals surface area contributed by atoms with Gasteiger partial charge in [0.25, 0.3) is 0 Å². The number of rotatable bonds is 0. The first-order chi connectivity index (χ1) is 10.0. The molecule has 0 fully saturated rings. The van der Waals surface area contributed by atoms with Crippen LogP contribution in [0.1, 0.15) is 77.0 Å². The molecule has 0 aromatic heterocycles. The van der Waals surface area contributed by atoms with Crippen LogP contribution in [-0.2, 0) is 20.1 Å². The summed E-state index contributed by atoms with van der Waals surface area (Å²) in [6.45, 7) is 0. The molecule has 0 aromatic rings. The van der Waals surface area contributed by atoms with Crippen molar-refractivity contribution < 1.29 is 37.4 Å². The van der Waals surface area contributed by atoms with Gasteiger partial charge in [-0.15, -0.1) is 0 Å². The van der Waals surface area contributed by atoms with Gasteiger partial charge in [-0.3, -0.25) is 0 Å². The zero-order valence-electron chi connectivity index (χ0n) is 13.2. The summed E-state index contributed by atoms with van der Waals surface area (Å²) >= 11 is 0. The summed E-state index contributed by atoms with van der Waals surface area (Å²) in [4.78, 5) is 0. The molecule has 6 heteroatoms. The van der Waals surface area contributed by atoms with Crippen LogP contribution in [0.5, 0.6) is 0 Å². The van der Waals surface area contributed by atoms with Gasteiger partial charge in [-0.1, -0.05) is 50.0 Å². The molecule has 0 amide bonds. The summed E-state index contributed by atoms with van der Waals surface area (Å²) in [7, 11) is -6.00. The Morgan fingerprint density at radius 2 is 0.636 bits per heavy atom. The van der Waals surface area contributed by atoms with Crippen LogP contribution in [0.15, 0.2) is 24.3 Å². The van der Waals surface area contributed by atoms with E-state index < -0.39 is 7.25 Å². The number of allylic oxidation sites excluding steroid dienone is 4. The quantitative estimate of drug-likeness (QED) is 0.190. The molecule has 0 unspecified atom stereocenters. The van der Waals surface area contributed by atoms with E-state index in [0.717, 1.165) is 0 Å². The molecule has 0 radical (unpaired) electrons. The Morgan fingerprint density at radius 3 is 0.818 bits per heavy atom. The second kappa shape index (κ2) is 17.3. The normalized spacial score (nSPS) is 21.6. The van der Waals surface area contributed by atoms with E-state index in [1.165, 1.54) is 77.0 Å². The van der Waals surface area contributed by atoms with Gasteiger partial charge in [-0.25, -0.2) is 0 Å². The SMILES string of the molecule is C1=C\CCCCCC/1.C1=C\CCCCCC/1.F[B-](F)(F)F.[Ir+]. The number of halogens is 4. The van der Waals surface area contributed by atoms with Gasteiger partial charge < -0.3 is 17.3 Å². The van der Waals surface area contributed by atoms with Crippen molar-refractivity contribution >= 4 is 7.25 Å². The van der Waals surface area contributed by atoms with Gasteiger partial charge in [-0.05, 0) is 51.4 Å². The average molecular weight is 499 g/mol. The molecule has 0 aromatic carbocycles. The Morgan fingerprint density at radius 1 is 0.455 bits per heavy atom. The molecule has 0 aliphatic heterocycles. The second-order valence-corrected chi connectivity index (χ2v) is 5.42. The van der Waals surface area contributed by atoms with Crippen LogP contribution >= 0.6 is 0 Å². The summed E-state index contributed by atoms with van der Waals surface area (Å²) in [5, 5.41) is 0. The number of hydrogen-bond acceptors (Lipinski definition) is 0. The second-order valence-electron chi connectivity index (χ2n) is 5.42. The van der Waals surface area contributed by atoms with Gasteiger partial charge in [0.15, 0.2) is 0 Å². The molecule has 2 rings (SSSR count). The van der Waals surface area contributed by atoms with Crippen molar-refractivity contribution in [1.82, 2.24) is 0 Å². The van der Waals surface area contributed by atoms with Gasteiger partial charge in [-0.2, -0.15) is 0 Å². The maximum atomic E-state index is 9.75. The minimum atomic E-state index is -6.00. The summed E-state index contributed by atoms with van der Waals surface area (Å²) in [5.74, 6) is 0. The first kappa shape index (κ1) is 24.2. The molecule has 132 valence electrons. The van der Waals surface area contributed by atoms with E-state index >= 15 is 0 Å². The molecule has 2 aliphatic carbocycles. The van der Waals surface area contributed by atoms with E-state index in [-0.39, 0.29) is 20.1 Å². The van der Waals surface area contributed by atoms with Crippen molar-refractivity contribution in [1.29, 1.82) is 0 Å². The molecule has 0 N–H and O–H groups in total. The fraction of sp³-hybridized carbons (Fsp3) is 0.750. The summed E-state index contributed by atoms with van der Waals surface area (Å²) in [6.07, 6.45) is 26.0. The molecular weight excluding hydrogens is 471 g/mol. The topological polar surface area (TPSA) is 0 Å². The van der Waals surface area contributed by atoms with Gasteiger partial charge in [0.05, 0.1) is 0 Å². The predicted molar refractivity (Wildman–Crippen MR) is 83.9 cm³/mol. The predicted octanol–water partition coefficient (Wildman–Crippen LogP) is 7.09. The summed E-state index contributed by atoms with van der Waals surface area (Å²) in [6, 6.07) is 0. The minimum absolute atomic E-state index is 0. The fourth-order valence-electron chi connectivity index (χ4n) is 2.23. The minimum Gasteiger partial charge on any atom is -0.418 e. The summed E-state index contributed by atoms with van der Waals surface area (Å²) < 4.78 is 39.0. The molecule has 0 heterocycles. The molecule has 22 heavy (non-hydrogen) atoms. The van der Waals surface area contributed by atoms with Crippen LogP contribution in [0, 0.1) is 0 Å². The van der Waals surface area contributed by atoms with Crippen LogP contribution in [0.2, 0.25) is 0 Å². The zero-order chi connectivity index (χ0) is 15.8. The van der Waals surface area contributed by atoms with Crippen molar-refractivity contribution in [2.45, 2.75) is 77.0 Å². The van der Waals surface area contributed by atoms with Crippen LogP contribution in [-0.4, -0.2) is 7.25 Å². The first-order valence-corrected chi connectivity index (χ1v) is 8.17. The smallest absolute Gasteiger partial charge is 0.418 e. The molecule has 0 spiro atoms. The fourth-order valence-corrected chi connectivity index (χ4v) is 2.23. The van der Waals surface area contributed by atoms with E-state index in [9.17, 15) is 17.3 Å².